The van der Waals surface area contributed by atoms with Gasteiger partial charge in [-0.15, -0.1) is 0 Å². The highest BCUT2D eigenvalue weighted by Gasteiger charge is 2.44. The summed E-state index contributed by atoms with van der Waals surface area (Å²) in [5, 5.41) is 0. The quantitative estimate of drug-likeness (QED) is 0.239. The number of hydrogen-bond acceptors (Lipinski definition) is 4. The molecule has 0 spiro atoms. The molecular formula is C18H45O4PSi3. The minimum Gasteiger partial charge on any atom is -0.287 e. The van der Waals surface area contributed by atoms with E-state index in [2.05, 4.69) is 79.7 Å². The van der Waals surface area contributed by atoms with Crippen molar-refractivity contribution in [3.05, 3.63) is 0 Å². The molecule has 0 aromatic carbocycles. The highest BCUT2D eigenvalue weighted by Crippen LogP contribution is 2.56. The minimum atomic E-state index is -3.62. The number of hydrogen-bond donors (Lipinski definition) is 0. The molecule has 0 aliphatic carbocycles. The molecule has 26 heavy (non-hydrogen) atoms. The maximum Gasteiger partial charge on any atom is 0.474 e. The van der Waals surface area contributed by atoms with Crippen LogP contribution in [0.3, 0.4) is 0 Å². The average Bonchev–Trinajstić information content (AvgIpc) is 2.44. The minimum absolute atomic E-state index is 0.0355. The zero-order valence-corrected chi connectivity index (χ0v) is 23.3. The van der Waals surface area contributed by atoms with Gasteiger partial charge in [-0.3, -0.25) is 13.6 Å². The van der Waals surface area contributed by atoms with Crippen LogP contribution in [0.25, 0.3) is 0 Å². The van der Waals surface area contributed by atoms with E-state index in [9.17, 15) is 4.57 Å². The lowest BCUT2D eigenvalue weighted by Crippen LogP contribution is -2.44. The molecule has 4 nitrogen and oxygen atoms in total. The van der Waals surface area contributed by atoms with Gasteiger partial charge in [0.1, 0.15) is 0 Å². The Hall–Kier alpha value is 0.761. The summed E-state index contributed by atoms with van der Waals surface area (Å²) in [4.78, 5) is 0. The van der Waals surface area contributed by atoms with Crippen LogP contribution in [-0.4, -0.2) is 41.4 Å². The Bertz CT molecular complexity index is 400. The van der Waals surface area contributed by atoms with E-state index in [1.807, 2.05) is 0 Å². The van der Waals surface area contributed by atoms with Crippen LogP contribution in [0.5, 0.6) is 0 Å². The Morgan fingerprint density at radius 2 is 0.769 bits per heavy atom. The first-order valence-corrected chi connectivity index (χ1v) is 22.3. The third-order valence-electron chi connectivity index (χ3n) is 4.78. The van der Waals surface area contributed by atoms with Crippen LogP contribution in [0.1, 0.15) is 40.0 Å². The van der Waals surface area contributed by atoms with E-state index >= 15 is 0 Å². The van der Waals surface area contributed by atoms with Crippen molar-refractivity contribution < 1.29 is 18.1 Å². The molecule has 0 N–H and O–H groups in total. The summed E-state index contributed by atoms with van der Waals surface area (Å²) in [6, 6.07) is 0. The van der Waals surface area contributed by atoms with E-state index in [-0.39, 0.29) is 17.2 Å². The van der Waals surface area contributed by atoms with Gasteiger partial charge in [-0.05, 0) is 19.3 Å². The molecule has 0 saturated heterocycles. The predicted octanol–water partition coefficient (Wildman–Crippen LogP) is 7.11. The van der Waals surface area contributed by atoms with Crippen molar-refractivity contribution in [2.75, 3.05) is 0 Å². The second-order valence-corrected chi connectivity index (χ2v) is 28.2. The molecule has 8 heteroatoms. The summed E-state index contributed by atoms with van der Waals surface area (Å²) < 4.78 is 32.5. The van der Waals surface area contributed by atoms with Crippen molar-refractivity contribution in [3.63, 3.8) is 0 Å². The van der Waals surface area contributed by atoms with Crippen LogP contribution < -0.4 is 0 Å². The number of phosphoric ester groups is 1. The van der Waals surface area contributed by atoms with Crippen LogP contribution in [0.4, 0.5) is 0 Å². The molecule has 158 valence electrons. The molecule has 0 aromatic rings. The summed E-state index contributed by atoms with van der Waals surface area (Å²) in [7, 11) is -8.55. The molecular weight excluding hydrogens is 395 g/mol. The standard InChI is InChI=1S/C18H45O4PSi3/c1-13-16(24(4,5)6)20-23(19,21-17(14-2)25(7,8)9)22-18(15-3)26(10,11)12/h16-18H,13-15H2,1-12H3. The van der Waals surface area contributed by atoms with E-state index in [1.54, 1.807) is 0 Å². The first kappa shape index (κ1) is 26.8. The van der Waals surface area contributed by atoms with Crippen molar-refractivity contribution in [1.29, 1.82) is 0 Å². The fourth-order valence-corrected chi connectivity index (χ4v) is 13.2. The van der Waals surface area contributed by atoms with Crippen molar-refractivity contribution in [3.8, 4) is 0 Å². The normalized spacial score (nSPS) is 19.7. The highest BCUT2D eigenvalue weighted by molar-refractivity contribution is 7.48. The Balaban J connectivity index is 5.81. The van der Waals surface area contributed by atoms with Crippen LogP contribution in [0.2, 0.25) is 58.9 Å². The monoisotopic (exact) mass is 440 g/mol. The smallest absolute Gasteiger partial charge is 0.287 e. The van der Waals surface area contributed by atoms with Gasteiger partial charge in [-0.25, -0.2) is 4.57 Å². The topological polar surface area (TPSA) is 44.8 Å². The molecule has 0 aromatic heterocycles. The molecule has 0 aliphatic rings. The van der Waals surface area contributed by atoms with Crippen molar-refractivity contribution in [1.82, 2.24) is 0 Å². The van der Waals surface area contributed by atoms with Gasteiger partial charge >= 0.3 is 7.82 Å². The molecule has 0 fully saturated rings. The molecule has 0 aliphatic heterocycles. The summed E-state index contributed by atoms with van der Waals surface area (Å²) in [6.07, 6.45) is 2.50. The SMILES string of the molecule is CCC(OP(=O)(OC(CC)[Si](C)(C)C)OC(CC)[Si](C)(C)C)[Si](C)(C)C. The molecule has 3 unspecified atom stereocenters. The first-order chi connectivity index (χ1) is 11.5. The third-order valence-corrected chi connectivity index (χ3v) is 14.3. The van der Waals surface area contributed by atoms with Gasteiger partial charge in [-0.2, -0.15) is 0 Å². The molecule has 0 saturated carbocycles. The Labute approximate surface area is 166 Å². The number of rotatable bonds is 12. The average molecular weight is 441 g/mol. The highest BCUT2D eigenvalue weighted by atomic mass is 31.2. The summed E-state index contributed by atoms with van der Waals surface area (Å²) in [5.41, 5.74) is -0.107. The van der Waals surface area contributed by atoms with Crippen LogP contribution >= 0.6 is 7.82 Å². The van der Waals surface area contributed by atoms with Crippen molar-refractivity contribution >= 4 is 32.0 Å². The molecule has 0 rings (SSSR count). The van der Waals surface area contributed by atoms with Crippen molar-refractivity contribution in [2.45, 2.75) is 116 Å². The lowest BCUT2D eigenvalue weighted by Gasteiger charge is -2.38. The Morgan fingerprint density at radius 3 is 0.885 bits per heavy atom. The van der Waals surface area contributed by atoms with Gasteiger partial charge in [0.25, 0.3) is 0 Å². The van der Waals surface area contributed by atoms with Crippen LogP contribution in [0.15, 0.2) is 0 Å². The molecule has 0 radical (unpaired) electrons. The predicted molar refractivity (Wildman–Crippen MR) is 123 cm³/mol. The molecule has 0 amide bonds. The van der Waals surface area contributed by atoms with Gasteiger partial charge < -0.3 is 0 Å². The maximum absolute atomic E-state index is 13.9. The van der Waals surface area contributed by atoms with Gasteiger partial charge in [0, 0.05) is 0 Å². The third kappa shape index (κ3) is 8.84. The largest absolute Gasteiger partial charge is 0.474 e. The Kier molecular flexibility index (Phi) is 10.3. The number of phosphoric acid groups is 1. The second kappa shape index (κ2) is 9.99. The van der Waals surface area contributed by atoms with Gasteiger partial charge in [0.15, 0.2) is 0 Å². The zero-order chi connectivity index (χ0) is 21.0. The van der Waals surface area contributed by atoms with Crippen molar-refractivity contribution in [2.24, 2.45) is 0 Å². The second-order valence-electron chi connectivity index (χ2n) is 10.6. The van der Waals surface area contributed by atoms with Gasteiger partial charge in [-0.1, -0.05) is 79.7 Å². The lowest BCUT2D eigenvalue weighted by atomic mass is 10.5. The summed E-state index contributed by atoms with van der Waals surface area (Å²) in [5.74, 6) is 0. The van der Waals surface area contributed by atoms with E-state index in [0.717, 1.165) is 19.3 Å². The van der Waals surface area contributed by atoms with E-state index in [1.165, 1.54) is 0 Å². The van der Waals surface area contributed by atoms with Crippen LogP contribution in [-0.2, 0) is 18.1 Å². The first-order valence-electron chi connectivity index (χ1n) is 10.1. The Morgan fingerprint density at radius 1 is 0.577 bits per heavy atom. The van der Waals surface area contributed by atoms with Crippen LogP contribution in [0, 0.1) is 0 Å². The maximum atomic E-state index is 13.9. The molecule has 0 bridgehead atoms. The summed E-state index contributed by atoms with van der Waals surface area (Å²) in [6.45, 7) is 26.5. The van der Waals surface area contributed by atoms with E-state index < -0.39 is 32.0 Å². The molecule has 3 atom stereocenters. The molecule has 0 heterocycles. The fraction of sp³-hybridized carbons (Fsp3) is 1.00. The summed E-state index contributed by atoms with van der Waals surface area (Å²) >= 11 is 0. The fourth-order valence-electron chi connectivity index (χ4n) is 3.08. The lowest BCUT2D eigenvalue weighted by molar-refractivity contribution is 0.0744. The van der Waals surface area contributed by atoms with Gasteiger partial charge in [0.05, 0.1) is 41.4 Å². The van der Waals surface area contributed by atoms with E-state index in [4.69, 9.17) is 13.6 Å². The van der Waals surface area contributed by atoms with E-state index in [0.29, 0.717) is 0 Å². The van der Waals surface area contributed by atoms with Gasteiger partial charge in [0.2, 0.25) is 0 Å². The zero-order valence-electron chi connectivity index (χ0n) is 19.4.